The predicted octanol–water partition coefficient (Wildman–Crippen LogP) is 1.86. The first kappa shape index (κ1) is 17.3. The standard InChI is InChI=1S/C17H19FN8O/c1-10-20-24-26(23-10)11-6-7-12(16(27)8-11)14-9-19-17(22-21-14)25(2)15-5-3-4-13(15)18/h6-9,13,15,27H,3-5H2,1-2H3/t13-,15-/m1/s1. The van der Waals surface area contributed by atoms with E-state index in [-0.39, 0.29) is 11.8 Å². The molecule has 1 aliphatic rings. The predicted molar refractivity (Wildman–Crippen MR) is 95.3 cm³/mol. The van der Waals surface area contributed by atoms with Crippen molar-refractivity contribution in [3.8, 4) is 22.7 Å². The first-order valence-corrected chi connectivity index (χ1v) is 8.70. The number of hydrogen-bond donors (Lipinski definition) is 1. The van der Waals surface area contributed by atoms with Crippen LogP contribution in [0.5, 0.6) is 5.75 Å². The van der Waals surface area contributed by atoms with Crippen LogP contribution in [0.1, 0.15) is 25.1 Å². The summed E-state index contributed by atoms with van der Waals surface area (Å²) in [6.45, 7) is 1.73. The van der Waals surface area contributed by atoms with Crippen LogP contribution in [0, 0.1) is 6.92 Å². The van der Waals surface area contributed by atoms with Gasteiger partial charge in [-0.1, -0.05) is 0 Å². The molecule has 0 radical (unpaired) electrons. The maximum absolute atomic E-state index is 13.9. The highest BCUT2D eigenvalue weighted by Crippen LogP contribution is 2.30. The highest BCUT2D eigenvalue weighted by Gasteiger charge is 2.31. The van der Waals surface area contributed by atoms with E-state index in [0.29, 0.717) is 35.1 Å². The van der Waals surface area contributed by atoms with Gasteiger partial charge in [0.15, 0.2) is 5.82 Å². The number of aryl methyl sites for hydroxylation is 1. The molecule has 0 saturated heterocycles. The number of anilines is 1. The van der Waals surface area contributed by atoms with E-state index in [0.717, 1.165) is 12.8 Å². The maximum atomic E-state index is 13.9. The molecule has 0 aliphatic heterocycles. The number of hydrogen-bond acceptors (Lipinski definition) is 8. The molecule has 4 rings (SSSR count). The first-order valence-electron chi connectivity index (χ1n) is 8.70. The Labute approximate surface area is 154 Å². The summed E-state index contributed by atoms with van der Waals surface area (Å²) in [6, 6.07) is 4.73. The summed E-state index contributed by atoms with van der Waals surface area (Å²) in [5.41, 5.74) is 1.47. The van der Waals surface area contributed by atoms with Crippen LogP contribution < -0.4 is 4.90 Å². The monoisotopic (exact) mass is 370 g/mol. The van der Waals surface area contributed by atoms with Gasteiger partial charge in [-0.15, -0.1) is 25.2 Å². The summed E-state index contributed by atoms with van der Waals surface area (Å²) in [5.74, 6) is 0.900. The van der Waals surface area contributed by atoms with Crippen molar-refractivity contribution >= 4 is 5.95 Å². The number of alkyl halides is 1. The third kappa shape index (κ3) is 3.29. The Hall–Kier alpha value is -3.17. The molecule has 3 aromatic rings. The topological polar surface area (TPSA) is 106 Å². The number of aromatic nitrogens is 7. The maximum Gasteiger partial charge on any atom is 0.245 e. The van der Waals surface area contributed by atoms with E-state index in [9.17, 15) is 9.50 Å². The molecule has 0 amide bonds. The smallest absolute Gasteiger partial charge is 0.245 e. The molecule has 2 atom stereocenters. The van der Waals surface area contributed by atoms with Crippen LogP contribution >= 0.6 is 0 Å². The lowest BCUT2D eigenvalue weighted by Gasteiger charge is -2.25. The molecule has 0 unspecified atom stereocenters. The summed E-state index contributed by atoms with van der Waals surface area (Å²) >= 11 is 0. The molecule has 9 nitrogen and oxygen atoms in total. The second kappa shape index (κ2) is 6.86. The molecule has 2 heterocycles. The average molecular weight is 370 g/mol. The van der Waals surface area contributed by atoms with Gasteiger partial charge in [0.05, 0.1) is 17.9 Å². The largest absolute Gasteiger partial charge is 0.507 e. The highest BCUT2D eigenvalue weighted by molar-refractivity contribution is 5.67. The number of halogens is 1. The van der Waals surface area contributed by atoms with Crippen molar-refractivity contribution in [2.45, 2.75) is 38.4 Å². The van der Waals surface area contributed by atoms with Crippen LogP contribution in [0.2, 0.25) is 0 Å². The lowest BCUT2D eigenvalue weighted by Crippen LogP contribution is -2.36. The summed E-state index contributed by atoms with van der Waals surface area (Å²) < 4.78 is 13.9. The van der Waals surface area contributed by atoms with Gasteiger partial charge in [-0.25, -0.2) is 9.37 Å². The van der Waals surface area contributed by atoms with Crippen LogP contribution in [0.3, 0.4) is 0 Å². The fourth-order valence-corrected chi connectivity index (χ4v) is 3.29. The van der Waals surface area contributed by atoms with E-state index in [4.69, 9.17) is 0 Å². The van der Waals surface area contributed by atoms with Crippen molar-refractivity contribution in [2.24, 2.45) is 0 Å². The zero-order chi connectivity index (χ0) is 19.0. The van der Waals surface area contributed by atoms with Crippen molar-refractivity contribution in [1.29, 1.82) is 0 Å². The van der Waals surface area contributed by atoms with Crippen LogP contribution in [0.25, 0.3) is 16.9 Å². The van der Waals surface area contributed by atoms with E-state index >= 15 is 0 Å². The minimum Gasteiger partial charge on any atom is -0.507 e. The number of tetrazole rings is 1. The minimum atomic E-state index is -0.871. The van der Waals surface area contributed by atoms with Gasteiger partial charge in [0.2, 0.25) is 5.95 Å². The van der Waals surface area contributed by atoms with Gasteiger partial charge < -0.3 is 10.0 Å². The Bertz CT molecular complexity index is 944. The molecular weight excluding hydrogens is 351 g/mol. The lowest BCUT2D eigenvalue weighted by molar-refractivity contribution is 0.305. The molecule has 1 aromatic carbocycles. The van der Waals surface area contributed by atoms with Crippen molar-refractivity contribution in [1.82, 2.24) is 35.4 Å². The third-order valence-electron chi connectivity index (χ3n) is 4.76. The number of phenolic OH excluding ortho intramolecular Hbond substituents is 1. The number of nitrogens with zero attached hydrogens (tertiary/aromatic N) is 8. The number of rotatable bonds is 4. The Morgan fingerprint density at radius 3 is 2.67 bits per heavy atom. The molecular formula is C17H19FN8O. The lowest BCUT2D eigenvalue weighted by atomic mass is 10.1. The first-order chi connectivity index (χ1) is 13.0. The number of phenols is 1. The molecule has 1 N–H and O–H groups in total. The van der Waals surface area contributed by atoms with Gasteiger partial charge in [-0.2, -0.15) is 0 Å². The van der Waals surface area contributed by atoms with Gasteiger partial charge in [-0.3, -0.25) is 0 Å². The molecule has 1 aliphatic carbocycles. The summed E-state index contributed by atoms with van der Waals surface area (Å²) in [7, 11) is 1.78. The molecule has 1 saturated carbocycles. The van der Waals surface area contributed by atoms with Gasteiger partial charge in [0.25, 0.3) is 0 Å². The summed E-state index contributed by atoms with van der Waals surface area (Å²) in [4.78, 5) is 7.36. The van der Waals surface area contributed by atoms with E-state index in [1.807, 2.05) is 0 Å². The zero-order valence-electron chi connectivity index (χ0n) is 15.0. The molecule has 1 fully saturated rings. The molecule has 10 heteroatoms. The van der Waals surface area contributed by atoms with Crippen molar-refractivity contribution in [3.05, 3.63) is 30.2 Å². The quantitative estimate of drug-likeness (QED) is 0.742. The second-order valence-electron chi connectivity index (χ2n) is 6.60. The SMILES string of the molecule is Cc1nnn(-c2ccc(-c3cnc(N(C)[C@@H]4CCC[C@H]4F)nn3)c(O)c2)n1. The second-order valence-corrected chi connectivity index (χ2v) is 6.60. The Morgan fingerprint density at radius 2 is 2.07 bits per heavy atom. The molecule has 140 valence electrons. The van der Waals surface area contributed by atoms with Crippen molar-refractivity contribution in [2.75, 3.05) is 11.9 Å². The Balaban J connectivity index is 1.57. The van der Waals surface area contributed by atoms with Gasteiger partial charge in [0, 0.05) is 18.7 Å². The van der Waals surface area contributed by atoms with E-state index in [1.54, 1.807) is 31.0 Å². The van der Waals surface area contributed by atoms with Crippen LogP contribution in [0.15, 0.2) is 24.4 Å². The molecule has 0 bridgehead atoms. The highest BCUT2D eigenvalue weighted by atomic mass is 19.1. The van der Waals surface area contributed by atoms with Crippen LogP contribution in [-0.2, 0) is 0 Å². The third-order valence-corrected chi connectivity index (χ3v) is 4.76. The summed E-state index contributed by atoms with van der Waals surface area (Å²) in [6.07, 6.45) is 2.86. The van der Waals surface area contributed by atoms with Crippen LogP contribution in [-0.4, -0.2) is 59.8 Å². The van der Waals surface area contributed by atoms with Crippen LogP contribution in [0.4, 0.5) is 10.3 Å². The molecule has 2 aromatic heterocycles. The van der Waals surface area contributed by atoms with Crippen molar-refractivity contribution < 1.29 is 9.50 Å². The minimum absolute atomic E-state index is 0.000673. The normalized spacial score (nSPS) is 19.4. The van der Waals surface area contributed by atoms with Gasteiger partial charge in [0.1, 0.15) is 17.6 Å². The zero-order valence-corrected chi connectivity index (χ0v) is 15.0. The average Bonchev–Trinajstić information content (AvgIpc) is 3.29. The number of benzene rings is 1. The van der Waals surface area contributed by atoms with Gasteiger partial charge >= 0.3 is 0 Å². The van der Waals surface area contributed by atoms with Crippen molar-refractivity contribution in [3.63, 3.8) is 0 Å². The van der Waals surface area contributed by atoms with Gasteiger partial charge in [-0.05, 0) is 43.5 Å². The van der Waals surface area contributed by atoms with E-state index in [1.165, 1.54) is 17.1 Å². The fraction of sp³-hybridized carbons (Fsp3) is 0.412. The Morgan fingerprint density at radius 1 is 1.22 bits per heavy atom. The fourth-order valence-electron chi connectivity index (χ4n) is 3.29. The Kier molecular flexibility index (Phi) is 4.38. The van der Waals surface area contributed by atoms with E-state index < -0.39 is 6.17 Å². The molecule has 27 heavy (non-hydrogen) atoms. The molecule has 0 spiro atoms. The number of aromatic hydroxyl groups is 1. The summed E-state index contributed by atoms with van der Waals surface area (Å²) in [5, 5.41) is 30.4. The van der Waals surface area contributed by atoms with E-state index in [2.05, 4.69) is 30.6 Å².